The van der Waals surface area contributed by atoms with Gasteiger partial charge in [0.15, 0.2) is 6.61 Å². The predicted molar refractivity (Wildman–Crippen MR) is 104 cm³/mol. The van der Waals surface area contributed by atoms with Crippen molar-refractivity contribution in [3.8, 4) is 5.75 Å². The highest BCUT2D eigenvalue weighted by atomic mass is 32.2. The number of carbonyl (C=O) groups is 2. The average molecular weight is 390 g/mol. The fourth-order valence-electron chi connectivity index (χ4n) is 2.45. The smallest absolute Gasteiger partial charge is 0.276 e. The molecule has 2 amide bonds. The van der Waals surface area contributed by atoms with Crippen molar-refractivity contribution in [2.75, 3.05) is 12.4 Å². The van der Waals surface area contributed by atoms with E-state index in [1.807, 2.05) is 25.1 Å². The second-order valence-electron chi connectivity index (χ2n) is 6.28. The highest BCUT2D eigenvalue weighted by Crippen LogP contribution is 2.23. The SMILES string of the molecule is Cc1cc(OCC(=O)NNC(=O)CSc2ccccc2F)ccc1C(C)C. The number of hydrogen-bond acceptors (Lipinski definition) is 4. The third kappa shape index (κ3) is 6.60. The van der Waals surface area contributed by atoms with Crippen LogP contribution in [0.2, 0.25) is 0 Å². The molecule has 0 aliphatic heterocycles. The molecule has 7 heteroatoms. The molecule has 2 aromatic rings. The first kappa shape index (κ1) is 20.8. The summed E-state index contributed by atoms with van der Waals surface area (Å²) < 4.78 is 18.9. The summed E-state index contributed by atoms with van der Waals surface area (Å²) >= 11 is 1.05. The molecule has 0 fully saturated rings. The van der Waals surface area contributed by atoms with Gasteiger partial charge in [-0.15, -0.1) is 11.8 Å². The molecule has 0 aromatic heterocycles. The van der Waals surface area contributed by atoms with E-state index in [1.54, 1.807) is 18.2 Å². The number of amides is 2. The normalized spacial score (nSPS) is 10.6. The van der Waals surface area contributed by atoms with Gasteiger partial charge in [-0.1, -0.05) is 32.0 Å². The van der Waals surface area contributed by atoms with Crippen LogP contribution in [0, 0.1) is 12.7 Å². The number of thioether (sulfide) groups is 1. The van der Waals surface area contributed by atoms with E-state index in [2.05, 4.69) is 24.7 Å². The summed E-state index contributed by atoms with van der Waals surface area (Å²) in [5.74, 6) is -0.309. The fraction of sp³-hybridized carbons (Fsp3) is 0.300. The predicted octanol–water partition coefficient (Wildman–Crippen LogP) is 3.58. The lowest BCUT2D eigenvalue weighted by Gasteiger charge is -2.12. The number of hydrazine groups is 1. The van der Waals surface area contributed by atoms with E-state index in [9.17, 15) is 14.0 Å². The Morgan fingerprint density at radius 2 is 1.81 bits per heavy atom. The lowest BCUT2D eigenvalue weighted by Crippen LogP contribution is -2.44. The number of nitrogens with one attached hydrogen (secondary N) is 2. The molecule has 0 spiro atoms. The molecule has 2 rings (SSSR count). The maximum absolute atomic E-state index is 13.5. The van der Waals surface area contributed by atoms with Crippen molar-refractivity contribution in [2.24, 2.45) is 0 Å². The Kier molecular flexibility index (Phi) is 7.67. The number of rotatable bonds is 7. The maximum Gasteiger partial charge on any atom is 0.276 e. The second-order valence-corrected chi connectivity index (χ2v) is 7.29. The van der Waals surface area contributed by atoms with Crippen LogP contribution in [0.15, 0.2) is 47.4 Å². The number of hydrogen-bond donors (Lipinski definition) is 2. The highest BCUT2D eigenvalue weighted by molar-refractivity contribution is 8.00. The molecule has 2 aromatic carbocycles. The van der Waals surface area contributed by atoms with E-state index in [0.717, 1.165) is 17.3 Å². The van der Waals surface area contributed by atoms with Gasteiger partial charge in [-0.2, -0.15) is 0 Å². The standard InChI is InChI=1S/C20H23FN2O3S/c1-13(2)16-9-8-15(10-14(16)3)26-11-19(24)22-23-20(25)12-27-18-7-5-4-6-17(18)21/h4-10,13H,11-12H2,1-3H3,(H,22,24)(H,23,25). The van der Waals surface area contributed by atoms with Gasteiger partial charge in [0, 0.05) is 4.90 Å². The fourth-order valence-corrected chi connectivity index (χ4v) is 3.19. The molecule has 5 nitrogen and oxygen atoms in total. The molecule has 0 atom stereocenters. The van der Waals surface area contributed by atoms with Crippen molar-refractivity contribution in [1.82, 2.24) is 10.9 Å². The first-order valence-electron chi connectivity index (χ1n) is 8.55. The van der Waals surface area contributed by atoms with Crippen LogP contribution in [0.1, 0.15) is 30.9 Å². The lowest BCUT2D eigenvalue weighted by molar-refractivity contribution is -0.128. The van der Waals surface area contributed by atoms with Crippen LogP contribution in [-0.2, 0) is 9.59 Å². The Bertz CT molecular complexity index is 812. The van der Waals surface area contributed by atoms with Gasteiger partial charge in [-0.3, -0.25) is 20.4 Å². The third-order valence-corrected chi connectivity index (χ3v) is 4.82. The Labute approximate surface area is 162 Å². The summed E-state index contributed by atoms with van der Waals surface area (Å²) in [5.41, 5.74) is 6.89. The Hall–Kier alpha value is -2.54. The van der Waals surface area contributed by atoms with Crippen molar-refractivity contribution < 1.29 is 18.7 Å². The molecule has 0 radical (unpaired) electrons. The molecule has 27 heavy (non-hydrogen) atoms. The van der Waals surface area contributed by atoms with Crippen LogP contribution in [0.4, 0.5) is 4.39 Å². The molecule has 0 aliphatic rings. The molecule has 0 bridgehead atoms. The maximum atomic E-state index is 13.5. The van der Waals surface area contributed by atoms with Crippen molar-refractivity contribution in [1.29, 1.82) is 0 Å². The zero-order valence-electron chi connectivity index (χ0n) is 15.5. The van der Waals surface area contributed by atoms with E-state index < -0.39 is 11.8 Å². The number of aryl methyl sites for hydroxylation is 1. The van der Waals surface area contributed by atoms with Gasteiger partial charge in [0.05, 0.1) is 5.75 Å². The molecule has 0 saturated carbocycles. The van der Waals surface area contributed by atoms with Crippen molar-refractivity contribution in [3.05, 3.63) is 59.4 Å². The summed E-state index contributed by atoms with van der Waals surface area (Å²) in [6.07, 6.45) is 0. The summed E-state index contributed by atoms with van der Waals surface area (Å²) in [5, 5.41) is 0. The lowest BCUT2D eigenvalue weighted by atomic mass is 9.98. The van der Waals surface area contributed by atoms with Gasteiger partial charge in [-0.05, 0) is 48.2 Å². The Morgan fingerprint density at radius 3 is 2.48 bits per heavy atom. The topological polar surface area (TPSA) is 67.4 Å². The molecule has 0 unspecified atom stereocenters. The molecule has 0 saturated heterocycles. The summed E-state index contributed by atoms with van der Waals surface area (Å²) in [6.45, 7) is 6.00. The summed E-state index contributed by atoms with van der Waals surface area (Å²) in [4.78, 5) is 23.9. The van der Waals surface area contributed by atoms with E-state index in [-0.39, 0.29) is 18.2 Å². The van der Waals surface area contributed by atoms with E-state index in [4.69, 9.17) is 4.74 Å². The number of carbonyl (C=O) groups excluding carboxylic acids is 2. The van der Waals surface area contributed by atoms with Gasteiger partial charge < -0.3 is 4.74 Å². The van der Waals surface area contributed by atoms with Gasteiger partial charge in [0.2, 0.25) is 5.91 Å². The minimum atomic E-state index is -0.482. The Balaban J connectivity index is 1.72. The quantitative estimate of drug-likeness (QED) is 0.560. The Morgan fingerprint density at radius 1 is 1.11 bits per heavy atom. The van der Waals surface area contributed by atoms with Gasteiger partial charge in [0.1, 0.15) is 11.6 Å². The van der Waals surface area contributed by atoms with Crippen LogP contribution < -0.4 is 15.6 Å². The van der Waals surface area contributed by atoms with Crippen molar-refractivity contribution in [2.45, 2.75) is 31.6 Å². The molecule has 2 N–H and O–H groups in total. The van der Waals surface area contributed by atoms with Gasteiger partial charge in [0.25, 0.3) is 5.91 Å². The van der Waals surface area contributed by atoms with Crippen LogP contribution >= 0.6 is 11.8 Å². The van der Waals surface area contributed by atoms with E-state index in [0.29, 0.717) is 16.6 Å². The van der Waals surface area contributed by atoms with E-state index in [1.165, 1.54) is 11.6 Å². The average Bonchev–Trinajstić information content (AvgIpc) is 2.63. The zero-order valence-corrected chi connectivity index (χ0v) is 16.4. The van der Waals surface area contributed by atoms with Crippen molar-refractivity contribution in [3.63, 3.8) is 0 Å². The zero-order chi connectivity index (χ0) is 19.8. The van der Waals surface area contributed by atoms with Crippen LogP contribution in [0.3, 0.4) is 0 Å². The first-order chi connectivity index (χ1) is 12.9. The highest BCUT2D eigenvalue weighted by Gasteiger charge is 2.09. The van der Waals surface area contributed by atoms with E-state index >= 15 is 0 Å². The van der Waals surface area contributed by atoms with Crippen LogP contribution in [0.5, 0.6) is 5.75 Å². The largest absolute Gasteiger partial charge is 0.484 e. The molecule has 144 valence electrons. The second kappa shape index (κ2) is 9.97. The monoisotopic (exact) mass is 390 g/mol. The molecule has 0 aliphatic carbocycles. The van der Waals surface area contributed by atoms with Crippen molar-refractivity contribution >= 4 is 23.6 Å². The number of benzene rings is 2. The molecular weight excluding hydrogens is 367 g/mol. The summed E-state index contributed by atoms with van der Waals surface area (Å²) in [6, 6.07) is 11.9. The minimum Gasteiger partial charge on any atom is -0.484 e. The number of ether oxygens (including phenoxy) is 1. The number of halogens is 1. The van der Waals surface area contributed by atoms with Gasteiger partial charge >= 0.3 is 0 Å². The molecular formula is C20H23FN2O3S. The minimum absolute atomic E-state index is 0.0159. The first-order valence-corrected chi connectivity index (χ1v) is 9.53. The summed E-state index contributed by atoms with van der Waals surface area (Å²) in [7, 11) is 0. The van der Waals surface area contributed by atoms with Crippen LogP contribution in [-0.4, -0.2) is 24.2 Å². The third-order valence-electron chi connectivity index (χ3n) is 3.77. The molecule has 0 heterocycles. The van der Waals surface area contributed by atoms with Gasteiger partial charge in [-0.25, -0.2) is 4.39 Å². The van der Waals surface area contributed by atoms with Crippen LogP contribution in [0.25, 0.3) is 0 Å².